The zero-order valence-electron chi connectivity index (χ0n) is 11.1. The van der Waals surface area contributed by atoms with E-state index in [0.29, 0.717) is 5.92 Å². The van der Waals surface area contributed by atoms with E-state index in [1.54, 1.807) is 6.20 Å². The first-order chi connectivity index (χ1) is 8.10. The van der Waals surface area contributed by atoms with Crippen molar-refractivity contribution >= 4 is 11.5 Å². The van der Waals surface area contributed by atoms with Crippen molar-refractivity contribution in [2.24, 2.45) is 5.92 Å². The third kappa shape index (κ3) is 3.48. The van der Waals surface area contributed by atoms with E-state index < -0.39 is 0 Å². The lowest BCUT2D eigenvalue weighted by Crippen LogP contribution is -2.24. The van der Waals surface area contributed by atoms with Crippen molar-refractivity contribution in [3.05, 3.63) is 30.6 Å². The predicted octanol–water partition coefficient (Wildman–Crippen LogP) is 3.36. The summed E-state index contributed by atoms with van der Waals surface area (Å²) in [6.07, 6.45) is 6.00. The zero-order chi connectivity index (χ0) is 12.8. The summed E-state index contributed by atoms with van der Waals surface area (Å²) in [5.41, 5.74) is 7.71. The molecule has 1 heterocycles. The molecule has 0 spiro atoms. The summed E-state index contributed by atoms with van der Waals surface area (Å²) >= 11 is 0. The normalized spacial score (nSPS) is 12.2. The Morgan fingerprint density at radius 3 is 2.88 bits per heavy atom. The Balaban J connectivity index is 2.86. The monoisotopic (exact) mass is 233 g/mol. The van der Waals surface area contributed by atoms with Gasteiger partial charge in [-0.3, -0.25) is 0 Å². The Kier molecular flexibility index (Phi) is 5.01. The lowest BCUT2D eigenvalue weighted by Gasteiger charge is -2.24. The highest BCUT2D eigenvalue weighted by Crippen LogP contribution is 2.23. The molecule has 0 amide bonds. The van der Waals surface area contributed by atoms with Crippen LogP contribution in [0.25, 0.3) is 0 Å². The average molecular weight is 233 g/mol. The Bertz CT molecular complexity index is 374. The minimum atomic E-state index is 0.626. The summed E-state index contributed by atoms with van der Waals surface area (Å²) in [6.45, 7) is 11.3. The van der Waals surface area contributed by atoms with Gasteiger partial charge in [-0.1, -0.05) is 26.8 Å². The smallest absolute Gasteiger partial charge is 0.137 e. The van der Waals surface area contributed by atoms with Crippen molar-refractivity contribution in [2.75, 3.05) is 17.2 Å². The number of hydrogen-bond acceptors (Lipinski definition) is 3. The first-order valence-corrected chi connectivity index (χ1v) is 6.20. The van der Waals surface area contributed by atoms with E-state index in [1.807, 2.05) is 19.2 Å². The fourth-order valence-corrected chi connectivity index (χ4v) is 2.00. The van der Waals surface area contributed by atoms with E-state index in [2.05, 4.69) is 30.3 Å². The Hall–Kier alpha value is -1.51. The maximum atomic E-state index is 5.90. The molecule has 0 aliphatic rings. The van der Waals surface area contributed by atoms with Crippen molar-refractivity contribution in [1.29, 1.82) is 0 Å². The van der Waals surface area contributed by atoms with Crippen molar-refractivity contribution in [2.45, 2.75) is 33.6 Å². The van der Waals surface area contributed by atoms with Crippen LogP contribution in [0.2, 0.25) is 0 Å². The summed E-state index contributed by atoms with van der Waals surface area (Å²) in [7, 11) is 0. The van der Waals surface area contributed by atoms with Crippen LogP contribution >= 0.6 is 0 Å². The molecular weight excluding hydrogens is 210 g/mol. The summed E-state index contributed by atoms with van der Waals surface area (Å²) in [4.78, 5) is 6.49. The van der Waals surface area contributed by atoms with Gasteiger partial charge in [0.15, 0.2) is 0 Å². The summed E-state index contributed by atoms with van der Waals surface area (Å²) in [5.74, 6) is 1.54. The molecule has 94 valence electrons. The highest BCUT2D eigenvalue weighted by atomic mass is 15.2. The van der Waals surface area contributed by atoms with Gasteiger partial charge in [-0.2, -0.15) is 0 Å². The van der Waals surface area contributed by atoms with E-state index in [4.69, 9.17) is 5.73 Å². The number of nitrogens with zero attached hydrogens (tertiary/aromatic N) is 2. The Labute approximate surface area is 104 Å². The Morgan fingerprint density at radius 1 is 1.59 bits per heavy atom. The van der Waals surface area contributed by atoms with Gasteiger partial charge in [0.25, 0.3) is 0 Å². The molecule has 0 radical (unpaired) electrons. The van der Waals surface area contributed by atoms with Gasteiger partial charge in [0.1, 0.15) is 5.82 Å². The maximum absolute atomic E-state index is 5.90. The molecule has 0 aliphatic carbocycles. The second-order valence-electron chi connectivity index (χ2n) is 4.58. The van der Waals surface area contributed by atoms with Gasteiger partial charge in [-0.15, -0.1) is 0 Å². The Morgan fingerprint density at radius 2 is 2.29 bits per heavy atom. The lowest BCUT2D eigenvalue weighted by atomic mass is 10.1. The minimum absolute atomic E-state index is 0.626. The van der Waals surface area contributed by atoms with E-state index in [9.17, 15) is 0 Å². The van der Waals surface area contributed by atoms with Crippen LogP contribution in [0.3, 0.4) is 0 Å². The topological polar surface area (TPSA) is 42.2 Å². The van der Waals surface area contributed by atoms with Crippen LogP contribution in [-0.2, 0) is 0 Å². The van der Waals surface area contributed by atoms with Crippen LogP contribution < -0.4 is 10.6 Å². The highest BCUT2D eigenvalue weighted by molar-refractivity contribution is 5.60. The summed E-state index contributed by atoms with van der Waals surface area (Å²) in [5, 5.41) is 0. The number of anilines is 2. The fourth-order valence-electron chi connectivity index (χ4n) is 2.00. The largest absolute Gasteiger partial charge is 0.398 e. The first kappa shape index (κ1) is 13.6. The van der Waals surface area contributed by atoms with Gasteiger partial charge in [0.2, 0.25) is 0 Å². The van der Waals surface area contributed by atoms with Gasteiger partial charge in [-0.25, -0.2) is 4.98 Å². The molecule has 1 aromatic rings. The molecule has 0 fully saturated rings. The maximum Gasteiger partial charge on any atom is 0.137 e. The quantitative estimate of drug-likeness (QED) is 0.819. The molecule has 0 bridgehead atoms. The SMILES string of the molecule is C=CN(CC(C)CCC)c1nccc(N)c1C. The third-order valence-electron chi connectivity index (χ3n) is 3.00. The molecule has 3 heteroatoms. The van der Waals surface area contributed by atoms with E-state index in [-0.39, 0.29) is 0 Å². The number of nitrogens with two attached hydrogens (primary N) is 1. The summed E-state index contributed by atoms with van der Waals surface area (Å²) < 4.78 is 0. The van der Waals surface area contributed by atoms with Crippen molar-refractivity contribution in [3.8, 4) is 0 Å². The molecule has 17 heavy (non-hydrogen) atoms. The van der Waals surface area contributed by atoms with Crippen LogP contribution in [0.5, 0.6) is 0 Å². The molecule has 0 aromatic carbocycles. The van der Waals surface area contributed by atoms with Gasteiger partial charge in [-0.05, 0) is 31.5 Å². The van der Waals surface area contributed by atoms with Crippen LogP contribution in [-0.4, -0.2) is 11.5 Å². The number of pyridine rings is 1. The molecule has 1 atom stereocenters. The number of aromatic nitrogens is 1. The molecule has 0 aliphatic heterocycles. The van der Waals surface area contributed by atoms with Crippen LogP contribution in [0.1, 0.15) is 32.3 Å². The molecule has 1 aromatic heterocycles. The lowest BCUT2D eigenvalue weighted by molar-refractivity contribution is 0.528. The van der Waals surface area contributed by atoms with E-state index in [1.165, 1.54) is 12.8 Å². The van der Waals surface area contributed by atoms with Crippen LogP contribution in [0.4, 0.5) is 11.5 Å². The molecule has 1 rings (SSSR count). The molecule has 0 saturated carbocycles. The van der Waals surface area contributed by atoms with Crippen molar-refractivity contribution in [1.82, 2.24) is 4.98 Å². The van der Waals surface area contributed by atoms with Gasteiger partial charge < -0.3 is 10.6 Å². The standard InChI is InChI=1S/C14H23N3/c1-5-7-11(3)10-17(6-2)14-12(4)13(15)8-9-16-14/h6,8-9,11H,2,5,7,10H2,1,3-4H3,(H2,15,16). The number of rotatable bonds is 6. The average Bonchev–Trinajstić information content (AvgIpc) is 2.30. The fraction of sp³-hybridized carbons (Fsp3) is 0.500. The second-order valence-corrected chi connectivity index (χ2v) is 4.58. The van der Waals surface area contributed by atoms with Gasteiger partial charge in [0, 0.05) is 24.0 Å². The van der Waals surface area contributed by atoms with E-state index >= 15 is 0 Å². The van der Waals surface area contributed by atoms with E-state index in [0.717, 1.165) is 23.6 Å². The number of nitrogen functional groups attached to an aromatic ring is 1. The van der Waals surface area contributed by atoms with Gasteiger partial charge in [0.05, 0.1) is 0 Å². The van der Waals surface area contributed by atoms with Gasteiger partial charge >= 0.3 is 0 Å². The summed E-state index contributed by atoms with van der Waals surface area (Å²) in [6, 6.07) is 1.83. The highest BCUT2D eigenvalue weighted by Gasteiger charge is 2.12. The molecule has 3 nitrogen and oxygen atoms in total. The second kappa shape index (κ2) is 6.28. The third-order valence-corrected chi connectivity index (χ3v) is 3.00. The van der Waals surface area contributed by atoms with Crippen molar-refractivity contribution < 1.29 is 0 Å². The number of hydrogen-bond donors (Lipinski definition) is 1. The van der Waals surface area contributed by atoms with Crippen LogP contribution in [0.15, 0.2) is 25.0 Å². The molecule has 0 saturated heterocycles. The molecular formula is C14H23N3. The molecule has 1 unspecified atom stereocenters. The zero-order valence-corrected chi connectivity index (χ0v) is 11.1. The molecule has 2 N–H and O–H groups in total. The van der Waals surface area contributed by atoms with Crippen molar-refractivity contribution in [3.63, 3.8) is 0 Å². The first-order valence-electron chi connectivity index (χ1n) is 6.20. The predicted molar refractivity (Wildman–Crippen MR) is 75.0 cm³/mol. The van der Waals surface area contributed by atoms with Crippen LogP contribution in [0, 0.1) is 12.8 Å². The minimum Gasteiger partial charge on any atom is -0.398 e.